The van der Waals surface area contributed by atoms with E-state index in [0.717, 1.165) is 43.5 Å². The zero-order valence-corrected chi connectivity index (χ0v) is 23.1. The molecule has 2 heterocycles. The number of guanidine groups is 1. The van der Waals surface area contributed by atoms with Crippen molar-refractivity contribution in [1.82, 2.24) is 20.4 Å². The van der Waals surface area contributed by atoms with Crippen molar-refractivity contribution < 1.29 is 4.74 Å². The molecule has 1 unspecified atom stereocenters. The van der Waals surface area contributed by atoms with Crippen molar-refractivity contribution in [2.45, 2.75) is 64.5 Å². The summed E-state index contributed by atoms with van der Waals surface area (Å²) in [4.78, 5) is 10.4. The lowest BCUT2D eigenvalue weighted by Gasteiger charge is -2.49. The fraction of sp³-hybridized carbons (Fsp3) is 0.720. The van der Waals surface area contributed by atoms with Gasteiger partial charge in [-0.15, -0.1) is 24.0 Å². The molecule has 0 aromatic heterocycles. The Kier molecular flexibility index (Phi) is 11.0. The van der Waals surface area contributed by atoms with E-state index in [4.69, 9.17) is 9.73 Å². The van der Waals surface area contributed by atoms with E-state index in [1.54, 1.807) is 7.11 Å². The van der Waals surface area contributed by atoms with Crippen LogP contribution in [0, 0.1) is 6.92 Å². The number of piperidine rings is 2. The summed E-state index contributed by atoms with van der Waals surface area (Å²) in [6.07, 6.45) is 6.42. The van der Waals surface area contributed by atoms with Crippen LogP contribution in [0.15, 0.2) is 23.2 Å². The van der Waals surface area contributed by atoms with Gasteiger partial charge in [0.15, 0.2) is 5.96 Å². The lowest BCUT2D eigenvalue weighted by atomic mass is 9.84. The number of hydrogen-bond acceptors (Lipinski definition) is 4. The number of nitrogens with zero attached hydrogens (tertiary/aromatic N) is 3. The maximum atomic E-state index is 5.61. The van der Waals surface area contributed by atoms with Crippen LogP contribution in [0.25, 0.3) is 0 Å². The lowest BCUT2D eigenvalue weighted by molar-refractivity contribution is 0.0208. The Balaban J connectivity index is 0.00000363. The summed E-state index contributed by atoms with van der Waals surface area (Å²) >= 11 is 0. The van der Waals surface area contributed by atoms with E-state index in [1.807, 2.05) is 0 Å². The van der Waals surface area contributed by atoms with Crippen LogP contribution in [0.5, 0.6) is 5.75 Å². The maximum Gasteiger partial charge on any atom is 0.191 e. The highest BCUT2D eigenvalue weighted by atomic mass is 127. The topological polar surface area (TPSA) is 52.1 Å². The number of likely N-dealkylation sites (tertiary alicyclic amines) is 2. The summed E-state index contributed by atoms with van der Waals surface area (Å²) in [7, 11) is 3.98. The number of ether oxygens (including phenoxy) is 1. The number of methoxy groups -OCH3 is 1. The molecule has 2 aliphatic rings. The Hall–Kier alpha value is -1.06. The first-order valence-corrected chi connectivity index (χ1v) is 12.1. The van der Waals surface area contributed by atoms with E-state index in [-0.39, 0.29) is 35.6 Å². The number of rotatable bonds is 7. The quantitative estimate of drug-likeness (QED) is 0.299. The van der Waals surface area contributed by atoms with Gasteiger partial charge in [0.05, 0.1) is 19.7 Å². The van der Waals surface area contributed by atoms with Crippen LogP contribution in [-0.4, -0.2) is 74.7 Å². The number of aliphatic imine (C=N–C) groups is 1. The van der Waals surface area contributed by atoms with Crippen LogP contribution in [0.4, 0.5) is 0 Å². The highest BCUT2D eigenvalue weighted by Gasteiger charge is 2.39. The Morgan fingerprint density at radius 1 is 1.16 bits per heavy atom. The van der Waals surface area contributed by atoms with E-state index in [2.05, 4.69) is 66.5 Å². The average molecular weight is 558 g/mol. The van der Waals surface area contributed by atoms with Gasteiger partial charge >= 0.3 is 0 Å². The molecule has 2 N–H and O–H groups in total. The maximum absolute atomic E-state index is 5.61. The van der Waals surface area contributed by atoms with E-state index in [1.165, 1.54) is 50.8 Å². The van der Waals surface area contributed by atoms with Gasteiger partial charge in [-0.05, 0) is 85.7 Å². The Labute approximate surface area is 212 Å². The smallest absolute Gasteiger partial charge is 0.191 e. The Morgan fingerprint density at radius 2 is 1.84 bits per heavy atom. The molecule has 2 aliphatic heterocycles. The fourth-order valence-electron chi connectivity index (χ4n) is 5.00. The van der Waals surface area contributed by atoms with Gasteiger partial charge < -0.3 is 20.3 Å². The molecule has 1 aromatic carbocycles. The molecule has 3 rings (SSSR count). The molecule has 0 spiro atoms. The number of nitrogens with one attached hydrogen (secondary N) is 2. The number of benzene rings is 1. The minimum absolute atomic E-state index is 0. The monoisotopic (exact) mass is 557 g/mol. The molecule has 6 nitrogen and oxygen atoms in total. The third-order valence-electron chi connectivity index (χ3n) is 7.03. The van der Waals surface area contributed by atoms with Crippen molar-refractivity contribution in [3.05, 3.63) is 29.3 Å². The molecule has 7 heteroatoms. The first kappa shape index (κ1) is 27.2. The molecule has 32 heavy (non-hydrogen) atoms. The minimum Gasteiger partial charge on any atom is -0.496 e. The highest BCUT2D eigenvalue weighted by molar-refractivity contribution is 14.0. The van der Waals surface area contributed by atoms with Crippen molar-refractivity contribution in [3.63, 3.8) is 0 Å². The third-order valence-corrected chi connectivity index (χ3v) is 7.03. The average Bonchev–Trinajstić information content (AvgIpc) is 2.79. The van der Waals surface area contributed by atoms with E-state index >= 15 is 0 Å². The SMILES string of the molecule is CCNC(=NCC1(N2CCCCC2)CCN(C)CC1)NC(C)c1cc(C)ccc1OC.I. The predicted molar refractivity (Wildman–Crippen MR) is 146 cm³/mol. The lowest BCUT2D eigenvalue weighted by Crippen LogP contribution is -2.58. The standard InChI is InChI=1S/C25H43N5O.HI/c1-6-26-24(28-21(3)22-18-20(2)10-11-23(22)31-5)27-19-25(12-16-29(4)17-13-25)30-14-8-7-9-15-30;/h10-11,18,21H,6-9,12-17,19H2,1-5H3,(H2,26,27,28);1H. The normalized spacial score (nSPS) is 20.8. The van der Waals surface area contributed by atoms with Crippen LogP contribution in [0.3, 0.4) is 0 Å². The first-order valence-electron chi connectivity index (χ1n) is 12.1. The Bertz CT molecular complexity index is 727. The van der Waals surface area contributed by atoms with Gasteiger partial charge in [0.1, 0.15) is 5.75 Å². The van der Waals surface area contributed by atoms with Gasteiger partial charge in [0.25, 0.3) is 0 Å². The summed E-state index contributed by atoms with van der Waals surface area (Å²) in [5.41, 5.74) is 2.60. The summed E-state index contributed by atoms with van der Waals surface area (Å²) in [6, 6.07) is 6.45. The summed E-state index contributed by atoms with van der Waals surface area (Å²) < 4.78 is 5.61. The van der Waals surface area contributed by atoms with Crippen LogP contribution in [0.2, 0.25) is 0 Å². The van der Waals surface area contributed by atoms with Gasteiger partial charge in [-0.3, -0.25) is 9.89 Å². The molecule has 2 saturated heterocycles. The largest absolute Gasteiger partial charge is 0.496 e. The zero-order chi connectivity index (χ0) is 22.3. The minimum atomic E-state index is 0. The molecule has 0 amide bonds. The second-order valence-corrected chi connectivity index (χ2v) is 9.38. The summed E-state index contributed by atoms with van der Waals surface area (Å²) in [5.74, 6) is 1.82. The van der Waals surface area contributed by atoms with E-state index in [0.29, 0.717) is 0 Å². The van der Waals surface area contributed by atoms with Crippen molar-refractivity contribution in [3.8, 4) is 5.75 Å². The van der Waals surface area contributed by atoms with E-state index in [9.17, 15) is 0 Å². The van der Waals surface area contributed by atoms with Crippen molar-refractivity contribution in [1.29, 1.82) is 0 Å². The van der Waals surface area contributed by atoms with Crippen LogP contribution in [0.1, 0.15) is 63.1 Å². The molecule has 0 saturated carbocycles. The summed E-state index contributed by atoms with van der Waals surface area (Å²) in [6.45, 7) is 12.9. The molecule has 0 bridgehead atoms. The van der Waals surface area contributed by atoms with Gasteiger partial charge in [-0.1, -0.05) is 24.1 Å². The van der Waals surface area contributed by atoms with Crippen molar-refractivity contribution >= 4 is 29.9 Å². The second-order valence-electron chi connectivity index (χ2n) is 9.38. The van der Waals surface area contributed by atoms with Crippen LogP contribution in [-0.2, 0) is 0 Å². The molecular formula is C25H44IN5O. The van der Waals surface area contributed by atoms with Gasteiger partial charge in [-0.25, -0.2) is 0 Å². The van der Waals surface area contributed by atoms with E-state index < -0.39 is 0 Å². The number of halogens is 1. The van der Waals surface area contributed by atoms with Crippen LogP contribution >= 0.6 is 24.0 Å². The first-order chi connectivity index (χ1) is 15.0. The number of hydrogen-bond donors (Lipinski definition) is 2. The third kappa shape index (κ3) is 6.97. The fourth-order valence-corrected chi connectivity index (χ4v) is 5.00. The number of aryl methyl sites for hydroxylation is 1. The predicted octanol–water partition coefficient (Wildman–Crippen LogP) is 4.19. The van der Waals surface area contributed by atoms with Gasteiger partial charge in [-0.2, -0.15) is 0 Å². The molecule has 1 atom stereocenters. The molecule has 2 fully saturated rings. The molecule has 1 aromatic rings. The zero-order valence-electron chi connectivity index (χ0n) is 20.7. The molecule has 0 radical (unpaired) electrons. The highest BCUT2D eigenvalue weighted by Crippen LogP contribution is 2.32. The van der Waals surface area contributed by atoms with Crippen molar-refractivity contribution in [2.75, 3.05) is 53.4 Å². The molecule has 0 aliphatic carbocycles. The second kappa shape index (κ2) is 13.0. The molecular weight excluding hydrogens is 513 g/mol. The van der Waals surface area contributed by atoms with Crippen molar-refractivity contribution in [2.24, 2.45) is 4.99 Å². The Morgan fingerprint density at radius 3 is 2.47 bits per heavy atom. The van der Waals surface area contributed by atoms with Crippen LogP contribution < -0.4 is 15.4 Å². The van der Waals surface area contributed by atoms with Gasteiger partial charge in [0.2, 0.25) is 0 Å². The molecule has 182 valence electrons. The van der Waals surface area contributed by atoms with Gasteiger partial charge in [0, 0.05) is 17.6 Å². The summed E-state index contributed by atoms with van der Waals surface area (Å²) in [5, 5.41) is 7.11.